The number of benzene rings is 2. The lowest BCUT2D eigenvalue weighted by Crippen LogP contribution is -2.32. The van der Waals surface area contributed by atoms with Crippen LogP contribution >= 0.6 is 11.3 Å². The lowest BCUT2D eigenvalue weighted by molar-refractivity contribution is 0.0925. The van der Waals surface area contributed by atoms with Gasteiger partial charge in [0, 0.05) is 22.8 Å². The number of carbonyl (C=O) groups is 1. The number of thiophene rings is 1. The highest BCUT2D eigenvalue weighted by Crippen LogP contribution is 2.36. The summed E-state index contributed by atoms with van der Waals surface area (Å²) in [4.78, 5) is 13.7. The largest absolute Gasteiger partial charge is 0.486 e. The number of halogens is 1. The summed E-state index contributed by atoms with van der Waals surface area (Å²) in [5.41, 5.74) is 1.51. The molecule has 7 heteroatoms. The molecule has 2 heterocycles. The van der Waals surface area contributed by atoms with Crippen LogP contribution < -0.4 is 14.8 Å². The van der Waals surface area contributed by atoms with E-state index >= 15 is 0 Å². The average Bonchev–Trinajstić information content (AvgIpc) is 3.11. The summed E-state index contributed by atoms with van der Waals surface area (Å²) < 4.78 is 31.7. The van der Waals surface area contributed by atoms with Gasteiger partial charge in [-0.25, -0.2) is 4.39 Å². The summed E-state index contributed by atoms with van der Waals surface area (Å²) in [7, 11) is 1.54. The van der Waals surface area contributed by atoms with Crippen LogP contribution in [0.3, 0.4) is 0 Å². The van der Waals surface area contributed by atoms with Crippen LogP contribution in [0.5, 0.6) is 11.5 Å². The lowest BCUT2D eigenvalue weighted by Gasteiger charge is -2.25. The second kappa shape index (κ2) is 8.62. The number of ether oxygens (including phenoxy) is 3. The maximum atomic E-state index is 14.5. The number of hydrogen-bond acceptors (Lipinski definition) is 5. The van der Waals surface area contributed by atoms with E-state index in [0.717, 1.165) is 10.3 Å². The first kappa shape index (κ1) is 20.6. The highest BCUT2D eigenvalue weighted by molar-refractivity contribution is 7.21. The lowest BCUT2D eigenvalue weighted by atomic mass is 9.95. The van der Waals surface area contributed by atoms with Crippen molar-refractivity contribution in [3.05, 3.63) is 58.2 Å². The van der Waals surface area contributed by atoms with Gasteiger partial charge in [0.2, 0.25) is 0 Å². The summed E-state index contributed by atoms with van der Waals surface area (Å²) in [6, 6.07) is 10.4. The predicted octanol–water partition coefficient (Wildman–Crippen LogP) is 5.09. The molecule has 1 atom stereocenters. The van der Waals surface area contributed by atoms with E-state index < -0.39 is 0 Å². The predicted molar refractivity (Wildman–Crippen MR) is 115 cm³/mol. The number of fused-ring (bicyclic) bond motifs is 2. The van der Waals surface area contributed by atoms with E-state index in [-0.39, 0.29) is 30.3 Å². The van der Waals surface area contributed by atoms with E-state index in [1.807, 2.05) is 38.1 Å². The molecule has 3 aromatic rings. The molecule has 1 aromatic heterocycles. The van der Waals surface area contributed by atoms with E-state index in [2.05, 4.69) is 5.32 Å². The second-order valence-corrected chi connectivity index (χ2v) is 8.61. The molecule has 2 aromatic carbocycles. The van der Waals surface area contributed by atoms with Gasteiger partial charge in [-0.2, -0.15) is 0 Å². The maximum Gasteiger partial charge on any atom is 0.262 e. The van der Waals surface area contributed by atoms with Gasteiger partial charge in [-0.3, -0.25) is 4.79 Å². The van der Waals surface area contributed by atoms with Crippen molar-refractivity contribution in [1.29, 1.82) is 0 Å². The van der Waals surface area contributed by atoms with Crippen LogP contribution in [-0.2, 0) is 11.3 Å². The summed E-state index contributed by atoms with van der Waals surface area (Å²) in [6.45, 7) is 5.29. The number of hydrogen-bond donors (Lipinski definition) is 1. The molecule has 158 valence electrons. The molecule has 1 amide bonds. The van der Waals surface area contributed by atoms with Gasteiger partial charge in [-0.1, -0.05) is 26.0 Å². The minimum atomic E-state index is -0.345. The molecule has 1 unspecified atom stereocenters. The number of carbonyl (C=O) groups excluding carboxylic acids is 1. The summed E-state index contributed by atoms with van der Waals surface area (Å²) in [6.07, 6.45) is 0. The summed E-state index contributed by atoms with van der Waals surface area (Å²) >= 11 is 1.28. The molecule has 0 fully saturated rings. The third-order valence-corrected chi connectivity index (χ3v) is 6.33. The van der Waals surface area contributed by atoms with E-state index in [4.69, 9.17) is 14.2 Å². The van der Waals surface area contributed by atoms with E-state index in [1.54, 1.807) is 6.07 Å². The molecule has 0 spiro atoms. The summed E-state index contributed by atoms with van der Waals surface area (Å²) in [5, 5.41) is 3.59. The van der Waals surface area contributed by atoms with Crippen LogP contribution in [0.1, 0.15) is 40.7 Å². The van der Waals surface area contributed by atoms with Gasteiger partial charge in [0.15, 0.2) is 11.5 Å². The standard InChI is InChI=1S/C23H24FNO4S/c1-13(2)21(14-7-8-17-18(11-14)29-10-9-28-17)25-23(26)22-15(12-27-3)20-16(24)5-4-6-19(20)30-22/h4-8,11,13,21H,9-10,12H2,1-3H3,(H,25,26). The molecule has 4 rings (SSSR count). The maximum absolute atomic E-state index is 14.5. The number of methoxy groups -OCH3 is 1. The van der Waals surface area contributed by atoms with Gasteiger partial charge in [-0.05, 0) is 35.7 Å². The fourth-order valence-corrected chi connectivity index (χ4v) is 4.85. The van der Waals surface area contributed by atoms with E-state index in [0.29, 0.717) is 40.5 Å². The van der Waals surface area contributed by atoms with Crippen molar-refractivity contribution in [2.24, 2.45) is 5.92 Å². The van der Waals surface area contributed by atoms with Crippen molar-refractivity contribution in [2.75, 3.05) is 20.3 Å². The molecule has 1 aliphatic rings. The van der Waals surface area contributed by atoms with Crippen molar-refractivity contribution < 1.29 is 23.4 Å². The molecule has 0 saturated heterocycles. The molecule has 1 aliphatic heterocycles. The average molecular weight is 430 g/mol. The Morgan fingerprint density at radius 3 is 2.70 bits per heavy atom. The minimum Gasteiger partial charge on any atom is -0.486 e. The van der Waals surface area contributed by atoms with Crippen LogP contribution in [0.4, 0.5) is 4.39 Å². The normalized spacial score (nSPS) is 14.2. The smallest absolute Gasteiger partial charge is 0.262 e. The SMILES string of the molecule is COCc1c(C(=O)NC(c2ccc3c(c2)OCCO3)C(C)C)sc2cccc(F)c12. The number of amides is 1. The van der Waals surface area contributed by atoms with E-state index in [1.165, 1.54) is 24.5 Å². The molecular weight excluding hydrogens is 405 g/mol. The van der Waals surface area contributed by atoms with E-state index in [9.17, 15) is 9.18 Å². The van der Waals surface area contributed by atoms with Crippen molar-refractivity contribution in [3.8, 4) is 11.5 Å². The Hall–Kier alpha value is -2.64. The molecule has 0 bridgehead atoms. The van der Waals surface area contributed by atoms with Crippen molar-refractivity contribution in [3.63, 3.8) is 0 Å². The van der Waals surface area contributed by atoms with Crippen molar-refractivity contribution >= 4 is 27.3 Å². The van der Waals surface area contributed by atoms with Gasteiger partial charge in [0.25, 0.3) is 5.91 Å². The van der Waals surface area contributed by atoms with Crippen LogP contribution in [0.25, 0.3) is 10.1 Å². The summed E-state index contributed by atoms with van der Waals surface area (Å²) in [5.74, 6) is 0.940. The first-order valence-corrected chi connectivity index (χ1v) is 10.7. The van der Waals surface area contributed by atoms with Crippen LogP contribution in [0.2, 0.25) is 0 Å². The topological polar surface area (TPSA) is 56.8 Å². The Labute approximate surface area is 178 Å². The fraction of sp³-hybridized carbons (Fsp3) is 0.348. The highest BCUT2D eigenvalue weighted by atomic mass is 32.1. The first-order valence-electron chi connectivity index (χ1n) is 9.88. The molecule has 0 radical (unpaired) electrons. The van der Waals surface area contributed by atoms with Crippen molar-refractivity contribution in [2.45, 2.75) is 26.5 Å². The molecule has 1 N–H and O–H groups in total. The van der Waals surface area contributed by atoms with Crippen LogP contribution in [0, 0.1) is 11.7 Å². The zero-order valence-corrected chi connectivity index (χ0v) is 18.0. The van der Waals surface area contributed by atoms with Crippen molar-refractivity contribution in [1.82, 2.24) is 5.32 Å². The Balaban J connectivity index is 1.67. The van der Waals surface area contributed by atoms with Gasteiger partial charge in [0.05, 0.1) is 17.5 Å². The number of rotatable bonds is 6. The fourth-order valence-electron chi connectivity index (χ4n) is 3.73. The first-order chi connectivity index (χ1) is 14.5. The molecule has 30 heavy (non-hydrogen) atoms. The van der Waals surface area contributed by atoms with Gasteiger partial charge >= 0.3 is 0 Å². The highest BCUT2D eigenvalue weighted by Gasteiger charge is 2.26. The Morgan fingerprint density at radius 2 is 1.97 bits per heavy atom. The van der Waals surface area contributed by atoms with Crippen LogP contribution in [-0.4, -0.2) is 26.2 Å². The zero-order valence-electron chi connectivity index (χ0n) is 17.2. The Kier molecular flexibility index (Phi) is 5.92. The minimum absolute atomic E-state index is 0.133. The molecular formula is C23H24FNO4S. The molecule has 5 nitrogen and oxygen atoms in total. The Morgan fingerprint density at radius 1 is 1.20 bits per heavy atom. The number of nitrogens with one attached hydrogen (secondary N) is 1. The monoisotopic (exact) mass is 429 g/mol. The Bertz CT molecular complexity index is 1080. The van der Waals surface area contributed by atoms with Gasteiger partial charge < -0.3 is 19.5 Å². The zero-order chi connectivity index (χ0) is 21.3. The second-order valence-electron chi connectivity index (χ2n) is 7.55. The van der Waals surface area contributed by atoms with Gasteiger partial charge in [-0.15, -0.1) is 11.3 Å². The molecule has 0 aliphatic carbocycles. The third kappa shape index (κ3) is 3.87. The molecule has 0 saturated carbocycles. The quantitative estimate of drug-likeness (QED) is 0.593. The van der Waals surface area contributed by atoms with Crippen LogP contribution in [0.15, 0.2) is 36.4 Å². The van der Waals surface area contributed by atoms with Gasteiger partial charge in [0.1, 0.15) is 19.0 Å². The third-order valence-electron chi connectivity index (χ3n) is 5.14.